The minimum Gasteiger partial charge on any atom is -0.206 e. The van der Waals surface area contributed by atoms with Crippen LogP contribution in [0, 0.1) is 5.82 Å². The van der Waals surface area contributed by atoms with Crippen LogP contribution in [0.2, 0.25) is 0 Å². The highest BCUT2D eigenvalue weighted by atomic mass is 32.1. The maximum atomic E-state index is 13.1. The van der Waals surface area contributed by atoms with Crippen molar-refractivity contribution in [1.82, 2.24) is 0 Å². The number of thiol groups is 1. The standard InChI is InChI=1S/C10H9FS2/c1-2-6-5-13-10-7(6)3-4-8(11)9(10)12/h3-5,12H,2H2,1H3. The summed E-state index contributed by atoms with van der Waals surface area (Å²) in [6.07, 6.45) is 0.985. The van der Waals surface area contributed by atoms with E-state index in [0.29, 0.717) is 4.90 Å². The Bertz CT molecular complexity index is 445. The molecule has 3 heteroatoms. The number of benzene rings is 1. The van der Waals surface area contributed by atoms with Crippen molar-refractivity contribution in [3.05, 3.63) is 28.9 Å². The first kappa shape index (κ1) is 9.03. The smallest absolute Gasteiger partial charge is 0.137 e. The van der Waals surface area contributed by atoms with Gasteiger partial charge in [0.05, 0.1) is 9.60 Å². The number of thiophene rings is 1. The van der Waals surface area contributed by atoms with Gasteiger partial charge in [-0.1, -0.05) is 13.0 Å². The maximum Gasteiger partial charge on any atom is 0.137 e. The van der Waals surface area contributed by atoms with Gasteiger partial charge < -0.3 is 0 Å². The van der Waals surface area contributed by atoms with E-state index in [2.05, 4.69) is 24.9 Å². The maximum absolute atomic E-state index is 13.1. The highest BCUT2D eigenvalue weighted by Crippen LogP contribution is 2.32. The summed E-state index contributed by atoms with van der Waals surface area (Å²) < 4.78 is 14.1. The summed E-state index contributed by atoms with van der Waals surface area (Å²) in [4.78, 5) is 0.474. The summed E-state index contributed by atoms with van der Waals surface area (Å²) in [5, 5.41) is 3.21. The molecule has 0 aliphatic heterocycles. The first-order valence-corrected chi connectivity index (χ1v) is 5.44. The van der Waals surface area contributed by atoms with Gasteiger partial charge in [-0.2, -0.15) is 0 Å². The van der Waals surface area contributed by atoms with E-state index in [0.717, 1.165) is 16.5 Å². The molecule has 68 valence electrons. The molecular formula is C10H9FS2. The van der Waals surface area contributed by atoms with E-state index in [1.54, 1.807) is 11.3 Å². The van der Waals surface area contributed by atoms with Gasteiger partial charge in [0, 0.05) is 0 Å². The molecule has 1 aromatic carbocycles. The van der Waals surface area contributed by atoms with Gasteiger partial charge in [0.1, 0.15) is 5.82 Å². The van der Waals surface area contributed by atoms with Crippen LogP contribution in [0.25, 0.3) is 10.1 Å². The predicted molar refractivity (Wildman–Crippen MR) is 58.4 cm³/mol. The van der Waals surface area contributed by atoms with Crippen LogP contribution < -0.4 is 0 Å². The summed E-state index contributed by atoms with van der Waals surface area (Å²) in [5.74, 6) is -0.236. The summed E-state index contributed by atoms with van der Waals surface area (Å²) in [6, 6.07) is 3.32. The SMILES string of the molecule is CCc1csc2c(S)c(F)ccc12. The second-order valence-corrected chi connectivity index (χ2v) is 4.21. The van der Waals surface area contributed by atoms with Crippen LogP contribution in [0.4, 0.5) is 4.39 Å². The molecule has 0 nitrogen and oxygen atoms in total. The van der Waals surface area contributed by atoms with Crippen molar-refractivity contribution in [2.24, 2.45) is 0 Å². The molecule has 0 N–H and O–H groups in total. The highest BCUT2D eigenvalue weighted by Gasteiger charge is 2.08. The van der Waals surface area contributed by atoms with Gasteiger partial charge in [-0.3, -0.25) is 0 Å². The molecule has 0 spiro atoms. The second-order valence-electron chi connectivity index (χ2n) is 2.89. The normalized spacial score (nSPS) is 11.0. The molecule has 0 atom stereocenters. The number of aryl methyl sites for hydroxylation is 1. The molecule has 0 amide bonds. The van der Waals surface area contributed by atoms with Crippen molar-refractivity contribution in [3.8, 4) is 0 Å². The van der Waals surface area contributed by atoms with Gasteiger partial charge >= 0.3 is 0 Å². The van der Waals surface area contributed by atoms with Crippen molar-refractivity contribution < 1.29 is 4.39 Å². The fourth-order valence-electron chi connectivity index (χ4n) is 1.39. The summed E-state index contributed by atoms with van der Waals surface area (Å²) in [6.45, 7) is 2.10. The molecule has 0 aliphatic rings. The lowest BCUT2D eigenvalue weighted by molar-refractivity contribution is 0.607. The van der Waals surface area contributed by atoms with Crippen LogP contribution in [0.15, 0.2) is 22.4 Å². The van der Waals surface area contributed by atoms with Crippen LogP contribution in [0.5, 0.6) is 0 Å². The van der Waals surface area contributed by atoms with E-state index in [9.17, 15) is 4.39 Å². The quantitative estimate of drug-likeness (QED) is 0.681. The van der Waals surface area contributed by atoms with Crippen molar-refractivity contribution in [2.75, 3.05) is 0 Å². The summed E-state index contributed by atoms with van der Waals surface area (Å²) >= 11 is 5.71. The molecule has 0 fully saturated rings. The lowest BCUT2D eigenvalue weighted by Crippen LogP contribution is -1.79. The highest BCUT2D eigenvalue weighted by molar-refractivity contribution is 7.80. The largest absolute Gasteiger partial charge is 0.206 e. The fraction of sp³-hybridized carbons (Fsp3) is 0.200. The van der Waals surface area contributed by atoms with Crippen LogP contribution >= 0.6 is 24.0 Å². The van der Waals surface area contributed by atoms with Crippen molar-refractivity contribution in [2.45, 2.75) is 18.2 Å². The molecule has 2 aromatic rings. The number of fused-ring (bicyclic) bond motifs is 1. The molecule has 0 saturated carbocycles. The first-order valence-electron chi connectivity index (χ1n) is 4.11. The first-order chi connectivity index (χ1) is 6.24. The minimum atomic E-state index is -0.236. The van der Waals surface area contributed by atoms with Gasteiger partial charge in [0.2, 0.25) is 0 Å². The third kappa shape index (κ3) is 1.36. The molecule has 0 bridgehead atoms. The van der Waals surface area contributed by atoms with E-state index in [4.69, 9.17) is 0 Å². The van der Waals surface area contributed by atoms with Crippen LogP contribution in [-0.4, -0.2) is 0 Å². The van der Waals surface area contributed by atoms with Crippen LogP contribution in [0.1, 0.15) is 12.5 Å². The Kier molecular flexibility index (Phi) is 2.30. The number of halogens is 1. The topological polar surface area (TPSA) is 0 Å². The molecule has 13 heavy (non-hydrogen) atoms. The zero-order valence-corrected chi connectivity index (χ0v) is 8.88. The van der Waals surface area contributed by atoms with E-state index in [-0.39, 0.29) is 5.82 Å². The molecule has 1 heterocycles. The molecule has 0 aliphatic carbocycles. The Morgan fingerprint density at radius 2 is 2.23 bits per heavy atom. The molecule has 0 saturated heterocycles. The predicted octanol–water partition coefficient (Wildman–Crippen LogP) is 3.89. The third-order valence-electron chi connectivity index (χ3n) is 2.13. The Balaban J connectivity index is 2.81. The van der Waals surface area contributed by atoms with Crippen molar-refractivity contribution in [3.63, 3.8) is 0 Å². The lowest BCUT2D eigenvalue weighted by Gasteiger charge is -1.97. The van der Waals surface area contributed by atoms with Gasteiger partial charge in [-0.25, -0.2) is 4.39 Å². The average molecular weight is 212 g/mol. The van der Waals surface area contributed by atoms with Crippen molar-refractivity contribution in [1.29, 1.82) is 0 Å². The van der Waals surface area contributed by atoms with Crippen LogP contribution in [0.3, 0.4) is 0 Å². The molecule has 1 aromatic heterocycles. The molecule has 0 radical (unpaired) electrons. The molecule has 2 rings (SSSR count). The van der Waals surface area contributed by atoms with Crippen LogP contribution in [-0.2, 0) is 6.42 Å². The van der Waals surface area contributed by atoms with E-state index in [1.807, 2.05) is 6.07 Å². The Labute approximate surface area is 85.8 Å². The van der Waals surface area contributed by atoms with E-state index < -0.39 is 0 Å². The van der Waals surface area contributed by atoms with E-state index >= 15 is 0 Å². The van der Waals surface area contributed by atoms with Gasteiger partial charge in [0.15, 0.2) is 0 Å². The fourth-order valence-corrected chi connectivity index (χ4v) is 2.83. The zero-order chi connectivity index (χ0) is 9.42. The Morgan fingerprint density at radius 3 is 2.92 bits per heavy atom. The Hall–Kier alpha value is -0.540. The molecule has 0 unspecified atom stereocenters. The van der Waals surface area contributed by atoms with Gasteiger partial charge in [0.25, 0.3) is 0 Å². The third-order valence-corrected chi connectivity index (χ3v) is 3.78. The number of rotatable bonds is 1. The lowest BCUT2D eigenvalue weighted by atomic mass is 10.1. The minimum absolute atomic E-state index is 0.236. The van der Waals surface area contributed by atoms with Crippen molar-refractivity contribution >= 4 is 34.1 Å². The Morgan fingerprint density at radius 1 is 1.46 bits per heavy atom. The molecular weight excluding hydrogens is 203 g/mol. The van der Waals surface area contributed by atoms with Gasteiger partial charge in [-0.05, 0) is 28.8 Å². The number of hydrogen-bond donors (Lipinski definition) is 1. The average Bonchev–Trinajstić information content (AvgIpc) is 2.55. The summed E-state index contributed by atoms with van der Waals surface area (Å²) in [7, 11) is 0. The summed E-state index contributed by atoms with van der Waals surface area (Å²) in [5.41, 5.74) is 1.27. The monoisotopic (exact) mass is 212 g/mol. The zero-order valence-electron chi connectivity index (χ0n) is 7.17. The second kappa shape index (κ2) is 3.31. The van der Waals surface area contributed by atoms with E-state index in [1.165, 1.54) is 11.6 Å². The van der Waals surface area contributed by atoms with Gasteiger partial charge in [-0.15, -0.1) is 24.0 Å². The number of hydrogen-bond acceptors (Lipinski definition) is 2.